The van der Waals surface area contributed by atoms with Gasteiger partial charge in [-0.15, -0.1) is 0 Å². The lowest BCUT2D eigenvalue weighted by Gasteiger charge is -2.34. The molecule has 2 aromatic rings. The van der Waals surface area contributed by atoms with Gasteiger partial charge >= 0.3 is 0 Å². The van der Waals surface area contributed by atoms with Crippen LogP contribution in [0.3, 0.4) is 0 Å². The van der Waals surface area contributed by atoms with E-state index >= 15 is 0 Å². The minimum absolute atomic E-state index is 0.195. The van der Waals surface area contributed by atoms with Crippen LogP contribution in [0.4, 0.5) is 11.4 Å². The summed E-state index contributed by atoms with van der Waals surface area (Å²) < 4.78 is 0. The average molecular weight is 226 g/mol. The summed E-state index contributed by atoms with van der Waals surface area (Å²) in [5, 5.41) is 6.00. The molecular weight excluding hydrogens is 208 g/mol. The molecule has 3 rings (SSSR count). The molecule has 0 bridgehead atoms. The molecule has 0 atom stereocenters. The summed E-state index contributed by atoms with van der Waals surface area (Å²) in [5.74, 6) is 0. The summed E-state index contributed by atoms with van der Waals surface area (Å²) in [6.07, 6.45) is 2.29. The molecule has 0 aromatic heterocycles. The molecule has 1 heterocycles. The Morgan fingerprint density at radius 2 is 2.06 bits per heavy atom. The van der Waals surface area contributed by atoms with E-state index in [0.717, 1.165) is 18.5 Å². The molecule has 3 N–H and O–H groups in total. The summed E-state index contributed by atoms with van der Waals surface area (Å²) >= 11 is 0. The smallest absolute Gasteiger partial charge is 0.0393 e. The molecule has 0 saturated carbocycles. The van der Waals surface area contributed by atoms with Crippen LogP contribution in [0.2, 0.25) is 0 Å². The van der Waals surface area contributed by atoms with Gasteiger partial charge in [0.1, 0.15) is 0 Å². The van der Waals surface area contributed by atoms with Crippen molar-refractivity contribution in [3.05, 3.63) is 35.9 Å². The van der Waals surface area contributed by atoms with Crippen LogP contribution in [-0.2, 0) is 6.42 Å². The van der Waals surface area contributed by atoms with Gasteiger partial charge in [0.25, 0.3) is 0 Å². The second-order valence-corrected chi connectivity index (χ2v) is 5.59. The molecule has 2 aromatic carbocycles. The minimum atomic E-state index is 0.195. The fraction of sp³-hybridized carbons (Fsp3) is 0.333. The zero-order chi connectivity index (χ0) is 12.0. The van der Waals surface area contributed by atoms with E-state index < -0.39 is 0 Å². The number of anilines is 2. The van der Waals surface area contributed by atoms with E-state index in [9.17, 15) is 0 Å². The van der Waals surface area contributed by atoms with Gasteiger partial charge in [0.15, 0.2) is 0 Å². The summed E-state index contributed by atoms with van der Waals surface area (Å²) in [5.41, 5.74) is 9.74. The Labute approximate surface area is 102 Å². The number of nitrogens with one attached hydrogen (secondary N) is 1. The van der Waals surface area contributed by atoms with Crippen molar-refractivity contribution < 1.29 is 0 Å². The van der Waals surface area contributed by atoms with E-state index in [1.807, 2.05) is 12.1 Å². The number of hydrogen-bond acceptors (Lipinski definition) is 2. The SMILES string of the molecule is CC1(C)CCc2cc3c(N)cccc3cc2N1. The maximum Gasteiger partial charge on any atom is 0.0393 e. The van der Waals surface area contributed by atoms with Crippen molar-refractivity contribution in [1.82, 2.24) is 0 Å². The molecule has 2 heteroatoms. The average Bonchev–Trinajstić information content (AvgIpc) is 2.26. The normalized spacial score (nSPS) is 17.5. The summed E-state index contributed by atoms with van der Waals surface area (Å²) in [6.45, 7) is 4.50. The molecule has 0 aliphatic carbocycles. The molecule has 17 heavy (non-hydrogen) atoms. The predicted octanol–water partition coefficient (Wildman–Crippen LogP) is 3.56. The highest BCUT2D eigenvalue weighted by atomic mass is 15.0. The molecule has 1 aliphatic rings. The van der Waals surface area contributed by atoms with Crippen LogP contribution in [0.1, 0.15) is 25.8 Å². The Hall–Kier alpha value is -1.70. The standard InChI is InChI=1S/C15H18N2/c1-15(2)7-6-11-8-12-10(9-14(11)17-15)4-3-5-13(12)16/h3-5,8-9,17H,6-7,16H2,1-2H3. The number of nitrogen functional groups attached to an aromatic ring is 1. The van der Waals surface area contributed by atoms with Crippen LogP contribution in [0.25, 0.3) is 10.8 Å². The van der Waals surface area contributed by atoms with Gasteiger partial charge < -0.3 is 11.1 Å². The third-order valence-electron chi connectivity index (χ3n) is 3.63. The monoisotopic (exact) mass is 226 g/mol. The number of benzene rings is 2. The third kappa shape index (κ3) is 1.74. The number of fused-ring (bicyclic) bond motifs is 2. The zero-order valence-electron chi connectivity index (χ0n) is 10.4. The zero-order valence-corrected chi connectivity index (χ0v) is 10.4. The Bertz CT molecular complexity index is 585. The topological polar surface area (TPSA) is 38.0 Å². The van der Waals surface area contributed by atoms with Crippen molar-refractivity contribution in [3.63, 3.8) is 0 Å². The molecule has 0 unspecified atom stereocenters. The number of hydrogen-bond donors (Lipinski definition) is 2. The van der Waals surface area contributed by atoms with Crippen LogP contribution >= 0.6 is 0 Å². The van der Waals surface area contributed by atoms with Gasteiger partial charge in [-0.2, -0.15) is 0 Å². The molecular formula is C15H18N2. The molecule has 0 radical (unpaired) electrons. The third-order valence-corrected chi connectivity index (χ3v) is 3.63. The first kappa shape index (κ1) is 10.5. The second-order valence-electron chi connectivity index (χ2n) is 5.59. The number of nitrogens with two attached hydrogens (primary N) is 1. The Balaban J connectivity index is 2.21. The fourth-order valence-electron chi connectivity index (χ4n) is 2.59. The Morgan fingerprint density at radius 3 is 2.88 bits per heavy atom. The van der Waals surface area contributed by atoms with Crippen molar-refractivity contribution in [2.75, 3.05) is 11.1 Å². The van der Waals surface area contributed by atoms with E-state index in [4.69, 9.17) is 5.73 Å². The molecule has 0 amide bonds. The van der Waals surface area contributed by atoms with Gasteiger partial charge in [-0.1, -0.05) is 12.1 Å². The van der Waals surface area contributed by atoms with Crippen LogP contribution in [0.15, 0.2) is 30.3 Å². The van der Waals surface area contributed by atoms with Gasteiger partial charge in [-0.05, 0) is 55.8 Å². The van der Waals surface area contributed by atoms with Crippen molar-refractivity contribution >= 4 is 22.1 Å². The lowest BCUT2D eigenvalue weighted by molar-refractivity contribution is 0.502. The summed E-state index contributed by atoms with van der Waals surface area (Å²) in [7, 11) is 0. The van der Waals surface area contributed by atoms with Crippen LogP contribution < -0.4 is 11.1 Å². The van der Waals surface area contributed by atoms with Gasteiger partial charge in [-0.25, -0.2) is 0 Å². The van der Waals surface area contributed by atoms with Gasteiger partial charge in [-0.3, -0.25) is 0 Å². The lowest BCUT2D eigenvalue weighted by Crippen LogP contribution is -2.35. The summed E-state index contributed by atoms with van der Waals surface area (Å²) in [6, 6.07) is 10.6. The minimum Gasteiger partial charge on any atom is -0.398 e. The molecule has 0 saturated heterocycles. The summed E-state index contributed by atoms with van der Waals surface area (Å²) in [4.78, 5) is 0. The van der Waals surface area contributed by atoms with Gasteiger partial charge in [0.05, 0.1) is 0 Å². The molecule has 0 fully saturated rings. The maximum absolute atomic E-state index is 6.02. The van der Waals surface area contributed by atoms with Gasteiger partial charge in [0, 0.05) is 22.3 Å². The van der Waals surface area contributed by atoms with E-state index in [2.05, 4.69) is 37.4 Å². The van der Waals surface area contributed by atoms with Crippen molar-refractivity contribution in [3.8, 4) is 0 Å². The highest BCUT2D eigenvalue weighted by molar-refractivity contribution is 5.96. The first-order valence-electron chi connectivity index (χ1n) is 6.14. The maximum atomic E-state index is 6.02. The lowest BCUT2D eigenvalue weighted by atomic mass is 9.88. The Morgan fingerprint density at radius 1 is 1.24 bits per heavy atom. The van der Waals surface area contributed by atoms with E-state index in [1.54, 1.807) is 0 Å². The van der Waals surface area contributed by atoms with E-state index in [0.29, 0.717) is 0 Å². The van der Waals surface area contributed by atoms with Gasteiger partial charge in [0.2, 0.25) is 0 Å². The van der Waals surface area contributed by atoms with E-state index in [1.165, 1.54) is 22.0 Å². The first-order chi connectivity index (χ1) is 8.05. The first-order valence-corrected chi connectivity index (χ1v) is 6.14. The highest BCUT2D eigenvalue weighted by Crippen LogP contribution is 2.35. The quantitative estimate of drug-likeness (QED) is 0.674. The predicted molar refractivity (Wildman–Crippen MR) is 74.4 cm³/mol. The van der Waals surface area contributed by atoms with Crippen molar-refractivity contribution in [2.45, 2.75) is 32.2 Å². The number of rotatable bonds is 0. The van der Waals surface area contributed by atoms with Crippen LogP contribution in [-0.4, -0.2) is 5.54 Å². The van der Waals surface area contributed by atoms with E-state index in [-0.39, 0.29) is 5.54 Å². The van der Waals surface area contributed by atoms with Crippen molar-refractivity contribution in [1.29, 1.82) is 0 Å². The molecule has 88 valence electrons. The second kappa shape index (κ2) is 3.39. The van der Waals surface area contributed by atoms with Crippen LogP contribution in [0.5, 0.6) is 0 Å². The molecule has 1 aliphatic heterocycles. The largest absolute Gasteiger partial charge is 0.398 e. The highest BCUT2D eigenvalue weighted by Gasteiger charge is 2.24. The van der Waals surface area contributed by atoms with Crippen LogP contribution in [0, 0.1) is 0 Å². The fourth-order valence-corrected chi connectivity index (χ4v) is 2.59. The molecule has 0 spiro atoms. The molecule has 2 nitrogen and oxygen atoms in total. The number of aryl methyl sites for hydroxylation is 1. The van der Waals surface area contributed by atoms with Crippen molar-refractivity contribution in [2.24, 2.45) is 0 Å². The Kier molecular flexibility index (Phi) is 2.09.